The smallest absolute Gasteiger partial charge is 0.201 e. The number of hydrogen-bond acceptors (Lipinski definition) is 3. The molecule has 0 amide bonds. The molecule has 6 heteroatoms. The lowest BCUT2D eigenvalue weighted by atomic mass is 9.93. The maximum Gasteiger partial charge on any atom is 0.201 e. The number of fused-ring (bicyclic) bond motifs is 1. The molecule has 0 bridgehead atoms. The number of aromatic nitrogens is 2. The lowest BCUT2D eigenvalue weighted by molar-refractivity contribution is 0.529. The highest BCUT2D eigenvalue weighted by Crippen LogP contribution is 2.45. The third-order valence-corrected chi connectivity index (χ3v) is 5.96. The van der Waals surface area contributed by atoms with Crippen molar-refractivity contribution in [2.75, 3.05) is 6.54 Å². The van der Waals surface area contributed by atoms with Gasteiger partial charge in [0.05, 0.1) is 0 Å². The predicted octanol–water partition coefficient (Wildman–Crippen LogP) is 3.97. The number of thiol groups is 1. The van der Waals surface area contributed by atoms with Crippen LogP contribution in [0.15, 0.2) is 48.9 Å². The van der Waals surface area contributed by atoms with Crippen LogP contribution >= 0.6 is 0 Å². The summed E-state index contributed by atoms with van der Waals surface area (Å²) < 4.78 is 27.2. The molecule has 0 saturated heterocycles. The number of rotatable bonds is 8. The van der Waals surface area contributed by atoms with E-state index in [9.17, 15) is 8.42 Å². The molecule has 2 aromatic heterocycles. The minimum Gasteiger partial charge on any atom is -0.347 e. The number of hydrogen-bond donors (Lipinski definition) is 2. The fourth-order valence-corrected chi connectivity index (χ4v) is 4.43. The lowest BCUT2D eigenvalue weighted by Crippen LogP contribution is -2.21. The molecule has 0 spiro atoms. The zero-order valence-electron chi connectivity index (χ0n) is 16.3. The van der Waals surface area contributed by atoms with E-state index in [1.807, 2.05) is 24.5 Å². The van der Waals surface area contributed by atoms with Crippen LogP contribution in [0, 0.1) is 11.8 Å². The molecule has 2 heterocycles. The zero-order chi connectivity index (χ0) is 19.7. The summed E-state index contributed by atoms with van der Waals surface area (Å²) in [7, 11) is -2.57. The minimum atomic E-state index is -2.57. The van der Waals surface area contributed by atoms with Gasteiger partial charge in [-0.25, -0.2) is 13.1 Å². The van der Waals surface area contributed by atoms with Crippen LogP contribution in [0.2, 0.25) is 0 Å². The van der Waals surface area contributed by atoms with E-state index in [-0.39, 0.29) is 5.92 Å². The summed E-state index contributed by atoms with van der Waals surface area (Å²) in [6, 6.07) is 10.7. The Morgan fingerprint density at radius 2 is 1.89 bits per heavy atom. The molecular weight excluding hydrogens is 370 g/mol. The van der Waals surface area contributed by atoms with Gasteiger partial charge in [0.1, 0.15) is 0 Å². The van der Waals surface area contributed by atoms with Crippen LogP contribution in [0.1, 0.15) is 38.2 Å². The molecule has 0 radical (unpaired) electrons. The Morgan fingerprint density at radius 3 is 2.54 bits per heavy atom. The molecular formula is C22H27N3O2S. The fraction of sp³-hybridized carbons (Fsp3) is 0.409. The van der Waals surface area contributed by atoms with Gasteiger partial charge >= 0.3 is 0 Å². The van der Waals surface area contributed by atoms with Gasteiger partial charge in [-0.15, -0.1) is 0 Å². The minimum absolute atomic E-state index is 0.232. The largest absolute Gasteiger partial charge is 0.347 e. The zero-order valence-corrected chi connectivity index (χ0v) is 17.2. The van der Waals surface area contributed by atoms with Gasteiger partial charge in [0.2, 0.25) is 10.9 Å². The molecule has 5 nitrogen and oxygen atoms in total. The summed E-state index contributed by atoms with van der Waals surface area (Å²) in [4.78, 5) is 4.12. The van der Waals surface area contributed by atoms with Gasteiger partial charge in [-0.3, -0.25) is 4.98 Å². The number of nitrogens with zero attached hydrogens (tertiary/aromatic N) is 2. The van der Waals surface area contributed by atoms with Crippen molar-refractivity contribution in [2.45, 2.75) is 39.2 Å². The molecule has 4 rings (SSSR count). The fourth-order valence-electron chi connectivity index (χ4n) is 4.09. The Balaban J connectivity index is 1.80. The van der Waals surface area contributed by atoms with Gasteiger partial charge in [0, 0.05) is 48.5 Å². The Bertz CT molecular complexity index is 1030. The van der Waals surface area contributed by atoms with E-state index in [1.165, 1.54) is 34.9 Å². The Kier molecular flexibility index (Phi) is 5.51. The summed E-state index contributed by atoms with van der Waals surface area (Å²) in [6.45, 7) is 5.87. The van der Waals surface area contributed by atoms with E-state index in [2.05, 4.69) is 52.5 Å². The first kappa shape index (κ1) is 19.2. The highest BCUT2D eigenvalue weighted by Gasteiger charge is 2.34. The molecule has 1 atom stereocenters. The molecule has 1 saturated carbocycles. The van der Waals surface area contributed by atoms with Gasteiger partial charge in [0.15, 0.2) is 0 Å². The third kappa shape index (κ3) is 4.13. The predicted molar refractivity (Wildman–Crippen MR) is 114 cm³/mol. The van der Waals surface area contributed by atoms with E-state index in [0.29, 0.717) is 18.4 Å². The van der Waals surface area contributed by atoms with Crippen molar-refractivity contribution in [3.8, 4) is 11.1 Å². The first-order chi connectivity index (χ1) is 13.5. The molecule has 1 aliphatic rings. The van der Waals surface area contributed by atoms with Gasteiger partial charge in [-0.1, -0.05) is 26.0 Å². The second-order valence-corrected chi connectivity index (χ2v) is 8.99. The molecule has 1 aromatic carbocycles. The second kappa shape index (κ2) is 8.05. The van der Waals surface area contributed by atoms with Crippen molar-refractivity contribution in [1.82, 2.24) is 14.3 Å². The lowest BCUT2D eigenvalue weighted by Gasteiger charge is -2.15. The molecule has 148 valence electrons. The highest BCUT2D eigenvalue weighted by atomic mass is 32.2. The average molecular weight is 398 g/mol. The van der Waals surface area contributed by atoms with E-state index >= 15 is 0 Å². The monoisotopic (exact) mass is 397 g/mol. The third-order valence-electron chi connectivity index (χ3n) is 5.52. The van der Waals surface area contributed by atoms with Crippen molar-refractivity contribution in [2.24, 2.45) is 11.8 Å². The van der Waals surface area contributed by atoms with E-state index in [0.717, 1.165) is 12.1 Å². The van der Waals surface area contributed by atoms with Crippen molar-refractivity contribution < 1.29 is 8.42 Å². The van der Waals surface area contributed by atoms with Gasteiger partial charge < -0.3 is 4.57 Å². The summed E-state index contributed by atoms with van der Waals surface area (Å²) in [5.74, 6) is 1.33. The first-order valence-corrected chi connectivity index (χ1v) is 11.1. The van der Waals surface area contributed by atoms with E-state index in [1.54, 1.807) is 0 Å². The molecule has 1 N–H and O–H groups in total. The topological polar surface area (TPSA) is 64.0 Å². The van der Waals surface area contributed by atoms with Crippen molar-refractivity contribution in [3.05, 3.63) is 54.5 Å². The quantitative estimate of drug-likeness (QED) is 0.565. The van der Waals surface area contributed by atoms with Gasteiger partial charge in [-0.05, 0) is 59.6 Å². The van der Waals surface area contributed by atoms with Crippen LogP contribution in [0.25, 0.3) is 22.0 Å². The number of pyridine rings is 1. The average Bonchev–Trinajstić information content (AvgIpc) is 3.46. The summed E-state index contributed by atoms with van der Waals surface area (Å²) >= 11 is 0. The highest BCUT2D eigenvalue weighted by molar-refractivity contribution is 7.70. The summed E-state index contributed by atoms with van der Waals surface area (Å²) in [6.07, 6.45) is 8.24. The van der Waals surface area contributed by atoms with Crippen molar-refractivity contribution >= 4 is 21.8 Å². The van der Waals surface area contributed by atoms with E-state index < -0.39 is 10.9 Å². The van der Waals surface area contributed by atoms with Crippen molar-refractivity contribution in [3.63, 3.8) is 0 Å². The van der Waals surface area contributed by atoms with Crippen molar-refractivity contribution in [1.29, 1.82) is 0 Å². The summed E-state index contributed by atoms with van der Waals surface area (Å²) in [5.41, 5.74) is 4.81. The second-order valence-electron chi connectivity index (χ2n) is 8.16. The Labute approximate surface area is 167 Å². The van der Waals surface area contributed by atoms with Gasteiger partial charge in [-0.2, -0.15) is 0 Å². The molecule has 1 unspecified atom stereocenters. The standard InChI is InChI=1S/C22H27N3O2S/c1-15(2)13-25-14-21(20(17-3-4-17)12-24-28(26)27)19-6-5-18(11-22(19)25)16-7-9-23-10-8-16/h5-11,14-15,17,20,28H,3-4,12-13H2,1-2H3,(H,24,26,27). The van der Waals surface area contributed by atoms with Crippen LogP contribution in [0.4, 0.5) is 0 Å². The molecule has 0 aliphatic heterocycles. The number of nitrogens with one attached hydrogen (secondary N) is 1. The number of benzene rings is 1. The first-order valence-electron chi connectivity index (χ1n) is 9.94. The molecule has 1 aliphatic carbocycles. The normalized spacial score (nSPS) is 15.6. The molecule has 28 heavy (non-hydrogen) atoms. The van der Waals surface area contributed by atoms with Crippen LogP contribution in [-0.4, -0.2) is 24.5 Å². The summed E-state index contributed by atoms with van der Waals surface area (Å²) in [5, 5.41) is 1.23. The Morgan fingerprint density at radius 1 is 1.14 bits per heavy atom. The van der Waals surface area contributed by atoms with Crippen LogP contribution in [0.3, 0.4) is 0 Å². The maximum absolute atomic E-state index is 11.1. The van der Waals surface area contributed by atoms with Crippen LogP contribution in [0.5, 0.6) is 0 Å². The Hall–Kier alpha value is -2.18. The van der Waals surface area contributed by atoms with Gasteiger partial charge in [0.25, 0.3) is 0 Å². The molecule has 3 aromatic rings. The SMILES string of the molecule is CC(C)Cn1cc(C(CN[SH](=O)=O)C2CC2)c2ccc(-c3ccncc3)cc21. The van der Waals surface area contributed by atoms with Crippen LogP contribution in [-0.2, 0) is 17.4 Å². The van der Waals surface area contributed by atoms with E-state index in [4.69, 9.17) is 0 Å². The van der Waals surface area contributed by atoms with Crippen LogP contribution < -0.4 is 4.72 Å². The maximum atomic E-state index is 11.1. The molecule has 1 fully saturated rings.